The standard InChI is InChI=1S/C31H25ClFN5O3.C23H17ClFN3O4.C15H11BrFN3O.C8H8BClO5.C8H10N2.ClH/c1-34-30(40)28-27(18-6-9-20(33)10-7-18)36-26-11-8-19(17-38(26)28)21-15-22(24(41-2)16-23(21)32)29(39)37-31(12-13-31)25-5-3-4-14-35-25;1-26-22(29)21-20(12-3-6-14(25)7-4-12)27-19-8-5-13(11-28(19)21)15-9-16(23(30)31)18(32-2)10-17(15)24;1-18-15(21)14-13(9-2-5-11(17)6-3-9)19-12-7-4-10(16)8-20(12)14;1-15-7-3-6(10)5(9(13)14)2-4(7)8(11)12;9-8(4-5-8)7-3-1-2-6-10-7;/h3-11,14-17H,12-13H2,1-2H3,(H,34,40)(H,37,39);3-11H,1-2H3,(H,26,29)(H,30,31);2-8H,1H3,(H,18,21);2-3,13-14H,1H3,(H,11,12);1-3,6H,4-5,9H2;1H. The number of nitrogens with one attached hydrogen (secondary N) is 4. The van der Waals surface area contributed by atoms with Gasteiger partial charge in [0.2, 0.25) is 0 Å². The number of rotatable bonds is 18. The van der Waals surface area contributed by atoms with Gasteiger partial charge in [-0.2, -0.15) is 0 Å². The van der Waals surface area contributed by atoms with Crippen molar-refractivity contribution in [1.29, 1.82) is 0 Å². The minimum Gasteiger partial charge on any atom is -0.496 e. The van der Waals surface area contributed by atoms with Crippen molar-refractivity contribution >= 4 is 128 Å². The van der Waals surface area contributed by atoms with E-state index in [1.54, 1.807) is 118 Å². The molecule has 8 heterocycles. The molecule has 614 valence electrons. The lowest BCUT2D eigenvalue weighted by atomic mass is 9.79. The van der Waals surface area contributed by atoms with Gasteiger partial charge in [-0.25, -0.2) is 37.7 Å². The number of carbonyl (C=O) groups excluding carboxylic acids is 4. The van der Waals surface area contributed by atoms with Crippen LogP contribution in [0.2, 0.25) is 15.1 Å². The number of carboxylic acids is 2. The SMILES string of the molecule is CNC(=O)c1c(-c2ccc(F)cc2)nc2ccc(-c3cc(C(=O)NC4(c5ccccn5)CC4)c(OC)cc3Cl)cn12.CNC(=O)c1c(-c2ccc(F)cc2)nc2ccc(-c3cc(C(=O)O)c(OC)cc3Cl)cn12.CNC(=O)c1c(-c2ccc(F)cc2)nc2ccc(Br)cn12.COc1cc(Cl)c(B(O)O)cc1C(=O)O.Cl.NC1(c2ccccn2)CC1. The second-order valence-corrected chi connectivity index (χ2v) is 28.9. The van der Waals surface area contributed by atoms with Gasteiger partial charge < -0.3 is 61.5 Å². The van der Waals surface area contributed by atoms with Crippen molar-refractivity contribution in [3.8, 4) is 73.3 Å². The third kappa shape index (κ3) is 19.3. The van der Waals surface area contributed by atoms with E-state index in [-0.39, 0.29) is 103 Å². The predicted octanol–water partition coefficient (Wildman–Crippen LogP) is 14.6. The van der Waals surface area contributed by atoms with Crippen LogP contribution in [-0.2, 0) is 11.1 Å². The maximum atomic E-state index is 13.6. The summed E-state index contributed by atoms with van der Waals surface area (Å²) in [5, 5.41) is 47.8. The smallest absolute Gasteiger partial charge is 0.489 e. The Hall–Kier alpha value is -12.7. The van der Waals surface area contributed by atoms with Crippen molar-refractivity contribution in [2.45, 2.75) is 36.8 Å². The number of benzene rings is 6. The second kappa shape index (κ2) is 37.9. The van der Waals surface area contributed by atoms with Crippen molar-refractivity contribution < 1.29 is 76.4 Å². The highest BCUT2D eigenvalue weighted by atomic mass is 79.9. The van der Waals surface area contributed by atoms with E-state index < -0.39 is 30.4 Å². The molecule has 2 aliphatic carbocycles. The summed E-state index contributed by atoms with van der Waals surface area (Å²) >= 11 is 22.2. The summed E-state index contributed by atoms with van der Waals surface area (Å²) in [6.07, 6.45) is 12.4. The molecule has 2 aliphatic rings. The molecular weight excluding hydrogens is 1700 g/mol. The van der Waals surface area contributed by atoms with E-state index in [0.29, 0.717) is 95.0 Å². The fourth-order valence-electron chi connectivity index (χ4n) is 12.7. The summed E-state index contributed by atoms with van der Waals surface area (Å²) in [5.41, 5.74) is 15.2. The fourth-order valence-corrected chi connectivity index (χ4v) is 13.9. The summed E-state index contributed by atoms with van der Waals surface area (Å²) in [7, 11) is 6.92. The fraction of sp³-hybridized carbons (Fsp3) is 0.141. The van der Waals surface area contributed by atoms with Gasteiger partial charge in [-0.3, -0.25) is 42.3 Å². The van der Waals surface area contributed by atoms with Crippen LogP contribution in [0.25, 0.3) is 73.0 Å². The zero-order valence-corrected chi connectivity index (χ0v) is 69.0. The lowest BCUT2D eigenvalue weighted by Gasteiger charge is -2.19. The number of halogens is 8. The Labute approximate surface area is 712 Å². The molecule has 16 rings (SSSR count). The first-order valence-electron chi connectivity index (χ1n) is 36.1. The first-order valence-corrected chi connectivity index (χ1v) is 38.0. The summed E-state index contributed by atoms with van der Waals surface area (Å²) in [6, 6.07) is 48.0. The predicted molar refractivity (Wildman–Crippen MR) is 455 cm³/mol. The van der Waals surface area contributed by atoms with Gasteiger partial charge >= 0.3 is 19.1 Å². The van der Waals surface area contributed by atoms with Gasteiger partial charge in [0.25, 0.3) is 23.6 Å². The average Bonchev–Trinajstić information content (AvgIpc) is 1.61. The summed E-state index contributed by atoms with van der Waals surface area (Å²) in [6.45, 7) is 0. The number of pyridine rings is 5. The average molecular weight is 1770 g/mol. The number of imidazole rings is 3. The third-order valence-electron chi connectivity index (χ3n) is 19.2. The number of hydrogen-bond donors (Lipinski definition) is 9. The van der Waals surface area contributed by atoms with Gasteiger partial charge in [-0.1, -0.05) is 46.9 Å². The second-order valence-electron chi connectivity index (χ2n) is 26.8. The minimum atomic E-state index is -1.82. The molecule has 26 nitrogen and oxygen atoms in total. The molecule has 8 aromatic heterocycles. The minimum absolute atomic E-state index is 0. The van der Waals surface area contributed by atoms with Crippen molar-refractivity contribution in [2.75, 3.05) is 42.5 Å². The molecule has 35 heteroatoms. The Bertz CT molecular complexity index is 6210. The number of carbonyl (C=O) groups is 6. The molecule has 0 aliphatic heterocycles. The lowest BCUT2D eigenvalue weighted by molar-refractivity contribution is 0.0682. The van der Waals surface area contributed by atoms with Gasteiger partial charge in [0.05, 0.1) is 59.4 Å². The van der Waals surface area contributed by atoms with Crippen LogP contribution in [0.1, 0.15) is 99.6 Å². The van der Waals surface area contributed by atoms with Crippen LogP contribution < -0.4 is 46.7 Å². The number of aromatic carboxylic acids is 2. The number of amides is 4. The van der Waals surface area contributed by atoms with E-state index in [0.717, 1.165) is 47.6 Å². The molecule has 2 fully saturated rings. The molecule has 10 N–H and O–H groups in total. The van der Waals surface area contributed by atoms with Gasteiger partial charge in [0.15, 0.2) is 0 Å². The number of aromatic nitrogens is 8. The maximum Gasteiger partial charge on any atom is 0.489 e. The lowest BCUT2D eigenvalue weighted by Crippen LogP contribution is -2.35. The van der Waals surface area contributed by atoms with Crippen molar-refractivity contribution in [3.63, 3.8) is 0 Å². The van der Waals surface area contributed by atoms with E-state index >= 15 is 0 Å². The van der Waals surface area contributed by atoms with E-state index in [2.05, 4.69) is 62.1 Å². The Morgan fingerprint density at radius 1 is 0.467 bits per heavy atom. The highest BCUT2D eigenvalue weighted by Crippen LogP contribution is 2.46. The quantitative estimate of drug-likeness (QED) is 0.0360. The van der Waals surface area contributed by atoms with Crippen LogP contribution in [0.15, 0.2) is 217 Å². The molecule has 0 spiro atoms. The summed E-state index contributed by atoms with van der Waals surface area (Å²) in [5.74, 6) is -4.27. The highest BCUT2D eigenvalue weighted by Gasteiger charge is 2.47. The van der Waals surface area contributed by atoms with Crippen LogP contribution in [0.3, 0.4) is 0 Å². The van der Waals surface area contributed by atoms with E-state index in [1.807, 2.05) is 54.6 Å². The molecule has 0 radical (unpaired) electrons. The van der Waals surface area contributed by atoms with Crippen LogP contribution in [0.4, 0.5) is 13.2 Å². The summed E-state index contributed by atoms with van der Waals surface area (Å²) in [4.78, 5) is 96.2. The van der Waals surface area contributed by atoms with Gasteiger partial charge in [0, 0.05) is 107 Å². The number of ether oxygens (including phenoxy) is 3. The van der Waals surface area contributed by atoms with Gasteiger partial charge in [0.1, 0.15) is 96.9 Å². The monoisotopic (exact) mass is 1770 g/mol. The topological polar surface area (TPSA) is 363 Å². The number of nitrogens with two attached hydrogens (primary N) is 1. The Morgan fingerprint density at radius 3 is 1.18 bits per heavy atom. The normalized spacial score (nSPS) is 12.4. The van der Waals surface area contributed by atoms with Crippen molar-refractivity contribution in [2.24, 2.45) is 5.73 Å². The molecular formula is C85H72BBrCl4F3N13O13. The molecule has 2 saturated carbocycles. The molecule has 120 heavy (non-hydrogen) atoms. The summed E-state index contributed by atoms with van der Waals surface area (Å²) < 4.78 is 61.3. The van der Waals surface area contributed by atoms with Crippen LogP contribution in [0.5, 0.6) is 17.2 Å². The number of nitrogens with zero attached hydrogens (tertiary/aromatic N) is 8. The molecule has 0 saturated heterocycles. The first-order chi connectivity index (χ1) is 57.0. The Balaban J connectivity index is 0.000000158. The van der Waals surface area contributed by atoms with Crippen molar-refractivity contribution in [1.82, 2.24) is 59.4 Å². The maximum absolute atomic E-state index is 13.6. The van der Waals surface area contributed by atoms with Crippen LogP contribution >= 0.6 is 63.1 Å². The van der Waals surface area contributed by atoms with Crippen LogP contribution in [-0.4, -0.2) is 144 Å². The Kier molecular flexibility index (Phi) is 27.8. The van der Waals surface area contributed by atoms with E-state index in [4.69, 9.17) is 69.9 Å². The van der Waals surface area contributed by atoms with Gasteiger partial charge in [-0.05, 0) is 210 Å². The first kappa shape index (κ1) is 88.1. The number of methoxy groups -OCH3 is 3. The number of carboxylic acid groups (broad SMARTS) is 2. The molecule has 14 aromatic rings. The van der Waals surface area contributed by atoms with Crippen LogP contribution in [0, 0.1) is 17.5 Å². The molecule has 4 amide bonds. The third-order valence-corrected chi connectivity index (χ3v) is 20.6. The molecule has 0 bridgehead atoms. The van der Waals surface area contributed by atoms with Crippen molar-refractivity contribution in [3.05, 3.63) is 295 Å². The molecule has 6 aromatic carbocycles. The zero-order chi connectivity index (χ0) is 85.3. The van der Waals surface area contributed by atoms with E-state index in [9.17, 15) is 47.0 Å². The molecule has 0 atom stereocenters. The van der Waals surface area contributed by atoms with Gasteiger partial charge in [-0.15, -0.1) is 12.4 Å². The number of fused-ring (bicyclic) bond motifs is 3. The zero-order valence-electron chi connectivity index (χ0n) is 64.3. The largest absolute Gasteiger partial charge is 0.496 e. The van der Waals surface area contributed by atoms with E-state index in [1.165, 1.54) is 90.0 Å². The molecule has 0 unspecified atom stereocenters. The highest BCUT2D eigenvalue weighted by molar-refractivity contribution is 9.10. The number of hydrogen-bond acceptors (Lipinski definition) is 17. The Morgan fingerprint density at radius 2 is 0.825 bits per heavy atom.